The Hall–Kier alpha value is -3.23. The second-order valence-corrected chi connectivity index (χ2v) is 7.92. The number of sulfonamides is 1. The molecule has 1 amide bonds. The Morgan fingerprint density at radius 2 is 1.69 bits per heavy atom. The fourth-order valence-corrected chi connectivity index (χ4v) is 3.16. The fraction of sp³-hybridized carbons (Fsp3) is 0.0952. The van der Waals surface area contributed by atoms with E-state index in [1.165, 1.54) is 36.4 Å². The van der Waals surface area contributed by atoms with Gasteiger partial charge in [0.15, 0.2) is 0 Å². The molecule has 3 N–H and O–H groups in total. The van der Waals surface area contributed by atoms with E-state index in [1.54, 1.807) is 36.4 Å². The fourth-order valence-electron chi connectivity index (χ4n) is 2.64. The summed E-state index contributed by atoms with van der Waals surface area (Å²) in [5.41, 5.74) is 1.89. The minimum Gasteiger partial charge on any atom is -0.489 e. The van der Waals surface area contributed by atoms with E-state index >= 15 is 0 Å². The highest BCUT2D eigenvalue weighted by atomic mass is 32.2. The molecule has 0 aromatic heterocycles. The number of ether oxygens (including phenoxy) is 1. The van der Waals surface area contributed by atoms with Gasteiger partial charge in [0.1, 0.15) is 18.2 Å². The van der Waals surface area contributed by atoms with Gasteiger partial charge in [0.2, 0.25) is 15.9 Å². The van der Waals surface area contributed by atoms with Crippen molar-refractivity contribution in [2.45, 2.75) is 17.9 Å². The molecule has 0 fully saturated rings. The zero-order valence-electron chi connectivity index (χ0n) is 15.3. The molecular weight excluding hydrogens is 395 g/mol. The number of benzene rings is 3. The first-order valence-corrected chi connectivity index (χ1v) is 10.2. The van der Waals surface area contributed by atoms with E-state index < -0.39 is 10.0 Å². The summed E-state index contributed by atoms with van der Waals surface area (Å²) in [5, 5.41) is 7.82. The maximum Gasteiger partial charge on any atom is 0.238 e. The number of nitrogens with two attached hydrogens (primary N) is 1. The summed E-state index contributed by atoms with van der Waals surface area (Å²) in [6.07, 6.45) is 0.0687. The number of hydrogen-bond acceptors (Lipinski definition) is 4. The molecule has 0 saturated carbocycles. The van der Waals surface area contributed by atoms with Gasteiger partial charge in [-0.1, -0.05) is 30.3 Å². The number of carbonyl (C=O) groups is 1. The lowest BCUT2D eigenvalue weighted by Gasteiger charge is -2.10. The van der Waals surface area contributed by atoms with Gasteiger partial charge >= 0.3 is 0 Å². The summed E-state index contributed by atoms with van der Waals surface area (Å²) in [5.74, 6) is -0.0654. The Bertz CT molecular complexity index is 1120. The third-order valence-electron chi connectivity index (χ3n) is 4.03. The summed E-state index contributed by atoms with van der Waals surface area (Å²) in [4.78, 5) is 12.2. The van der Waals surface area contributed by atoms with E-state index in [0.717, 1.165) is 0 Å². The number of amides is 1. The van der Waals surface area contributed by atoms with E-state index in [1.807, 2.05) is 0 Å². The largest absolute Gasteiger partial charge is 0.489 e. The first kappa shape index (κ1) is 20.5. The van der Waals surface area contributed by atoms with Crippen molar-refractivity contribution < 1.29 is 22.3 Å². The molecule has 0 aliphatic rings. The maximum absolute atomic E-state index is 13.2. The smallest absolute Gasteiger partial charge is 0.238 e. The number of halogens is 1. The van der Waals surface area contributed by atoms with Crippen molar-refractivity contribution in [1.82, 2.24) is 0 Å². The third kappa shape index (κ3) is 6.13. The summed E-state index contributed by atoms with van der Waals surface area (Å²) in [7, 11) is -3.76. The number of primary sulfonamides is 1. The van der Waals surface area contributed by atoms with Crippen LogP contribution >= 0.6 is 0 Å². The lowest BCUT2D eigenvalue weighted by atomic mass is 10.1. The van der Waals surface area contributed by atoms with Crippen LogP contribution in [0.5, 0.6) is 5.75 Å². The number of rotatable bonds is 7. The highest BCUT2D eigenvalue weighted by Crippen LogP contribution is 2.19. The second kappa shape index (κ2) is 8.85. The number of nitrogens with one attached hydrogen (secondary N) is 1. The van der Waals surface area contributed by atoms with Crippen molar-refractivity contribution in [2.24, 2.45) is 5.14 Å². The van der Waals surface area contributed by atoms with E-state index in [0.29, 0.717) is 22.6 Å². The van der Waals surface area contributed by atoms with Crippen LogP contribution in [-0.4, -0.2) is 14.3 Å². The molecule has 150 valence electrons. The molecule has 0 atom stereocenters. The zero-order valence-corrected chi connectivity index (χ0v) is 16.2. The SMILES string of the molecule is NS(=O)(=O)c1ccc(CC(=O)Nc2cccc(OCc3cccc(F)c3)c2)cc1. The van der Waals surface area contributed by atoms with Crippen molar-refractivity contribution in [3.8, 4) is 5.75 Å². The molecule has 0 radical (unpaired) electrons. The van der Waals surface area contributed by atoms with E-state index in [4.69, 9.17) is 9.88 Å². The Balaban J connectivity index is 1.58. The highest BCUT2D eigenvalue weighted by Gasteiger charge is 2.09. The van der Waals surface area contributed by atoms with Crippen molar-refractivity contribution in [1.29, 1.82) is 0 Å². The minimum absolute atomic E-state index is 0.00944. The molecule has 3 rings (SSSR count). The molecular formula is C21H19FN2O4S. The highest BCUT2D eigenvalue weighted by molar-refractivity contribution is 7.89. The van der Waals surface area contributed by atoms with Gasteiger partial charge in [-0.25, -0.2) is 17.9 Å². The average molecular weight is 414 g/mol. The normalized spacial score (nSPS) is 11.1. The predicted molar refractivity (Wildman–Crippen MR) is 107 cm³/mol. The van der Waals surface area contributed by atoms with Crippen LogP contribution in [0, 0.1) is 5.82 Å². The van der Waals surface area contributed by atoms with Crippen LogP contribution in [-0.2, 0) is 27.8 Å². The summed E-state index contributed by atoms with van der Waals surface area (Å²) in [6.45, 7) is 0.200. The number of anilines is 1. The molecule has 8 heteroatoms. The molecule has 0 bridgehead atoms. The maximum atomic E-state index is 13.2. The molecule has 0 aliphatic carbocycles. The Morgan fingerprint density at radius 1 is 0.966 bits per heavy atom. The molecule has 0 saturated heterocycles. The van der Waals surface area contributed by atoms with Crippen molar-refractivity contribution in [3.05, 3.63) is 89.7 Å². The van der Waals surface area contributed by atoms with Crippen LogP contribution in [0.25, 0.3) is 0 Å². The van der Waals surface area contributed by atoms with Crippen LogP contribution in [0.15, 0.2) is 77.7 Å². The van der Waals surface area contributed by atoms with Gasteiger partial charge in [0.05, 0.1) is 11.3 Å². The lowest BCUT2D eigenvalue weighted by Crippen LogP contribution is -2.15. The van der Waals surface area contributed by atoms with Crippen LogP contribution < -0.4 is 15.2 Å². The van der Waals surface area contributed by atoms with Gasteiger partial charge in [-0.2, -0.15) is 0 Å². The average Bonchev–Trinajstić information content (AvgIpc) is 2.66. The number of carbonyl (C=O) groups excluding carboxylic acids is 1. The van der Waals surface area contributed by atoms with Crippen molar-refractivity contribution in [2.75, 3.05) is 5.32 Å². The quantitative estimate of drug-likeness (QED) is 0.620. The van der Waals surface area contributed by atoms with Gasteiger partial charge in [0.25, 0.3) is 0 Å². The van der Waals surface area contributed by atoms with Crippen LogP contribution in [0.4, 0.5) is 10.1 Å². The Kier molecular flexibility index (Phi) is 6.26. The monoisotopic (exact) mass is 414 g/mol. The van der Waals surface area contributed by atoms with Crippen molar-refractivity contribution >= 4 is 21.6 Å². The number of hydrogen-bond donors (Lipinski definition) is 2. The van der Waals surface area contributed by atoms with Gasteiger partial charge in [-0.3, -0.25) is 4.79 Å². The third-order valence-corrected chi connectivity index (χ3v) is 4.96. The zero-order chi connectivity index (χ0) is 20.9. The predicted octanol–water partition coefficient (Wildman–Crippen LogP) is 3.23. The van der Waals surface area contributed by atoms with Crippen molar-refractivity contribution in [3.63, 3.8) is 0 Å². The van der Waals surface area contributed by atoms with E-state index in [-0.39, 0.29) is 29.6 Å². The first-order valence-electron chi connectivity index (χ1n) is 8.68. The van der Waals surface area contributed by atoms with Gasteiger partial charge in [0, 0.05) is 11.8 Å². The molecule has 29 heavy (non-hydrogen) atoms. The Morgan fingerprint density at radius 3 is 2.38 bits per heavy atom. The Labute approximate surface area is 168 Å². The van der Waals surface area contributed by atoms with Gasteiger partial charge in [-0.05, 0) is 47.5 Å². The lowest BCUT2D eigenvalue weighted by molar-refractivity contribution is -0.115. The second-order valence-electron chi connectivity index (χ2n) is 6.36. The molecule has 0 aliphatic heterocycles. The summed E-state index contributed by atoms with van der Waals surface area (Å²) < 4.78 is 41.4. The molecule has 3 aromatic carbocycles. The van der Waals surface area contributed by atoms with Crippen LogP contribution in [0.2, 0.25) is 0 Å². The first-order chi connectivity index (χ1) is 13.8. The molecule has 3 aromatic rings. The van der Waals surface area contributed by atoms with Gasteiger partial charge in [-0.15, -0.1) is 0 Å². The molecule has 0 heterocycles. The van der Waals surface area contributed by atoms with E-state index in [2.05, 4.69) is 5.32 Å². The van der Waals surface area contributed by atoms with E-state index in [9.17, 15) is 17.6 Å². The van der Waals surface area contributed by atoms with Gasteiger partial charge < -0.3 is 10.1 Å². The standard InChI is InChI=1S/C21H19FN2O4S/c22-17-4-1-3-16(11-17)14-28-19-6-2-5-18(13-19)24-21(25)12-15-7-9-20(10-8-15)29(23,26)27/h1-11,13H,12,14H2,(H,24,25)(H2,23,26,27). The van der Waals surface area contributed by atoms with Crippen LogP contribution in [0.1, 0.15) is 11.1 Å². The molecule has 0 spiro atoms. The summed E-state index contributed by atoms with van der Waals surface area (Å²) in [6, 6.07) is 18.8. The topological polar surface area (TPSA) is 98.5 Å². The van der Waals surface area contributed by atoms with Crippen LogP contribution in [0.3, 0.4) is 0 Å². The molecule has 6 nitrogen and oxygen atoms in total. The molecule has 0 unspecified atom stereocenters. The summed E-state index contributed by atoms with van der Waals surface area (Å²) >= 11 is 0. The minimum atomic E-state index is -3.76.